The summed E-state index contributed by atoms with van der Waals surface area (Å²) >= 11 is 4.84. The molecule has 0 bridgehead atoms. The van der Waals surface area contributed by atoms with Gasteiger partial charge in [0.05, 0.1) is 11.6 Å². The van der Waals surface area contributed by atoms with Gasteiger partial charge in [-0.15, -0.1) is 0 Å². The monoisotopic (exact) mass is 274 g/mol. The number of nitrogens with two attached hydrogens (primary N) is 1. The summed E-state index contributed by atoms with van der Waals surface area (Å²) in [6.45, 7) is 2.65. The van der Waals surface area contributed by atoms with Crippen LogP contribution in [0.5, 0.6) is 5.75 Å². The molecule has 1 heterocycles. The number of pyridine rings is 1. The van der Waals surface area contributed by atoms with E-state index in [0.29, 0.717) is 11.6 Å². The highest BCUT2D eigenvalue weighted by Gasteiger charge is 2.03. The molecule has 3 nitrogen and oxygen atoms in total. The van der Waals surface area contributed by atoms with Crippen molar-refractivity contribution in [3.8, 4) is 5.75 Å². The fourth-order valence-electron chi connectivity index (χ4n) is 1.92. The van der Waals surface area contributed by atoms with Gasteiger partial charge in [0, 0.05) is 11.1 Å². The third-order valence-electron chi connectivity index (χ3n) is 2.90. The lowest BCUT2D eigenvalue weighted by Gasteiger charge is -2.09. The predicted molar refractivity (Wildman–Crippen MR) is 82.6 cm³/mol. The molecule has 1 aromatic carbocycles. The van der Waals surface area contributed by atoms with Gasteiger partial charge in [0.25, 0.3) is 0 Å². The third-order valence-corrected chi connectivity index (χ3v) is 3.10. The molecule has 2 N–H and O–H groups in total. The molecular weight excluding hydrogens is 256 g/mol. The van der Waals surface area contributed by atoms with Crippen LogP contribution in [-0.4, -0.2) is 16.6 Å². The molecule has 0 radical (unpaired) electrons. The Balaban J connectivity index is 2.00. The molecule has 0 spiro atoms. The van der Waals surface area contributed by atoms with Crippen molar-refractivity contribution in [2.75, 3.05) is 6.61 Å². The summed E-state index contributed by atoms with van der Waals surface area (Å²) in [6.07, 6.45) is 2.69. The molecule has 0 amide bonds. The van der Waals surface area contributed by atoms with E-state index >= 15 is 0 Å². The molecular formula is C15H18N2OS. The third kappa shape index (κ3) is 3.89. The number of ether oxygens (including phenoxy) is 1. The van der Waals surface area contributed by atoms with Crippen molar-refractivity contribution in [1.82, 2.24) is 4.98 Å². The van der Waals surface area contributed by atoms with Crippen LogP contribution >= 0.6 is 12.2 Å². The Morgan fingerprint density at radius 1 is 1.26 bits per heavy atom. The average Bonchev–Trinajstić information content (AvgIpc) is 2.38. The highest BCUT2D eigenvalue weighted by atomic mass is 32.1. The summed E-state index contributed by atoms with van der Waals surface area (Å²) < 4.78 is 5.81. The number of aryl methyl sites for hydroxylation is 1. The second kappa shape index (κ2) is 6.48. The Kier molecular flexibility index (Phi) is 4.68. The molecule has 0 aliphatic rings. The minimum Gasteiger partial charge on any atom is -0.491 e. The Morgan fingerprint density at radius 2 is 2.11 bits per heavy atom. The van der Waals surface area contributed by atoms with Crippen LogP contribution in [-0.2, 0) is 0 Å². The highest BCUT2D eigenvalue weighted by molar-refractivity contribution is 7.80. The molecule has 0 atom stereocenters. The number of hydrogen-bond acceptors (Lipinski definition) is 3. The second-order valence-electron chi connectivity index (χ2n) is 4.55. The van der Waals surface area contributed by atoms with E-state index in [0.717, 1.165) is 41.6 Å². The van der Waals surface area contributed by atoms with Crippen LogP contribution in [0.2, 0.25) is 0 Å². The van der Waals surface area contributed by atoms with Crippen LogP contribution in [0.15, 0.2) is 30.3 Å². The summed E-state index contributed by atoms with van der Waals surface area (Å²) in [5.41, 5.74) is 7.38. The zero-order valence-corrected chi connectivity index (χ0v) is 11.9. The number of benzene rings is 1. The van der Waals surface area contributed by atoms with E-state index < -0.39 is 0 Å². The SMILES string of the molecule is Cc1ccc2cccc(OCCCCC(N)=S)c2n1. The number of para-hydroxylation sites is 1. The number of nitrogens with zero attached hydrogens (tertiary/aromatic N) is 1. The van der Waals surface area contributed by atoms with Gasteiger partial charge in [0.1, 0.15) is 11.3 Å². The molecule has 19 heavy (non-hydrogen) atoms. The van der Waals surface area contributed by atoms with E-state index in [9.17, 15) is 0 Å². The quantitative estimate of drug-likeness (QED) is 0.648. The van der Waals surface area contributed by atoms with Gasteiger partial charge in [-0.3, -0.25) is 0 Å². The first-order valence-electron chi connectivity index (χ1n) is 6.44. The first-order valence-corrected chi connectivity index (χ1v) is 6.85. The number of thiocarbonyl (C=S) groups is 1. The second-order valence-corrected chi connectivity index (χ2v) is 5.08. The Morgan fingerprint density at radius 3 is 2.89 bits per heavy atom. The largest absolute Gasteiger partial charge is 0.491 e. The molecule has 1 aromatic heterocycles. The van der Waals surface area contributed by atoms with E-state index in [2.05, 4.69) is 11.1 Å². The van der Waals surface area contributed by atoms with Gasteiger partial charge < -0.3 is 10.5 Å². The van der Waals surface area contributed by atoms with Gasteiger partial charge in [-0.1, -0.05) is 30.4 Å². The number of hydrogen-bond donors (Lipinski definition) is 1. The van der Waals surface area contributed by atoms with E-state index in [1.807, 2.05) is 31.2 Å². The number of fused-ring (bicyclic) bond motifs is 1. The van der Waals surface area contributed by atoms with Crippen molar-refractivity contribution in [2.45, 2.75) is 26.2 Å². The number of aromatic nitrogens is 1. The van der Waals surface area contributed by atoms with Crippen molar-refractivity contribution in [1.29, 1.82) is 0 Å². The lowest BCUT2D eigenvalue weighted by molar-refractivity contribution is 0.311. The topological polar surface area (TPSA) is 48.1 Å². The Labute approximate surface area is 118 Å². The summed E-state index contributed by atoms with van der Waals surface area (Å²) in [5.74, 6) is 0.844. The first-order chi connectivity index (χ1) is 9.16. The van der Waals surface area contributed by atoms with Crippen LogP contribution < -0.4 is 10.5 Å². The molecule has 0 fully saturated rings. The molecule has 0 saturated carbocycles. The fraction of sp³-hybridized carbons (Fsp3) is 0.333. The van der Waals surface area contributed by atoms with E-state index in [1.54, 1.807) is 0 Å². The van der Waals surface area contributed by atoms with Gasteiger partial charge in [-0.2, -0.15) is 0 Å². The molecule has 0 saturated heterocycles. The average molecular weight is 274 g/mol. The summed E-state index contributed by atoms with van der Waals surface area (Å²) in [7, 11) is 0. The number of unbranched alkanes of at least 4 members (excludes halogenated alkanes) is 1. The van der Waals surface area contributed by atoms with Gasteiger partial charge in [-0.05, 0) is 38.3 Å². The standard InChI is InChI=1S/C15H18N2OS/c1-11-8-9-12-5-4-6-13(15(12)17-11)18-10-3-2-7-14(16)19/h4-6,8-9H,2-3,7,10H2,1H3,(H2,16,19). The lowest BCUT2D eigenvalue weighted by Crippen LogP contribution is -2.08. The first kappa shape index (κ1) is 13.7. The molecule has 0 unspecified atom stereocenters. The smallest absolute Gasteiger partial charge is 0.145 e. The highest BCUT2D eigenvalue weighted by Crippen LogP contribution is 2.24. The zero-order chi connectivity index (χ0) is 13.7. The Bertz CT molecular complexity index is 583. The van der Waals surface area contributed by atoms with E-state index in [1.165, 1.54) is 0 Å². The minimum absolute atomic E-state index is 0.572. The normalized spacial score (nSPS) is 10.6. The van der Waals surface area contributed by atoms with Gasteiger partial charge in [0.15, 0.2) is 0 Å². The van der Waals surface area contributed by atoms with Crippen LogP contribution in [0.4, 0.5) is 0 Å². The molecule has 2 aromatic rings. The predicted octanol–water partition coefficient (Wildman–Crippen LogP) is 3.38. The van der Waals surface area contributed by atoms with Crippen LogP contribution in [0, 0.1) is 6.92 Å². The summed E-state index contributed by atoms with van der Waals surface area (Å²) in [6, 6.07) is 10.1. The van der Waals surface area contributed by atoms with Crippen molar-refractivity contribution < 1.29 is 4.74 Å². The van der Waals surface area contributed by atoms with Crippen molar-refractivity contribution in [2.24, 2.45) is 5.73 Å². The molecule has 0 aliphatic carbocycles. The lowest BCUT2D eigenvalue weighted by atomic mass is 10.2. The summed E-state index contributed by atoms with van der Waals surface area (Å²) in [4.78, 5) is 5.11. The van der Waals surface area contributed by atoms with Crippen molar-refractivity contribution >= 4 is 28.1 Å². The van der Waals surface area contributed by atoms with E-state index in [4.69, 9.17) is 22.7 Å². The van der Waals surface area contributed by atoms with Crippen LogP contribution in [0.3, 0.4) is 0 Å². The van der Waals surface area contributed by atoms with Crippen molar-refractivity contribution in [3.63, 3.8) is 0 Å². The Hall–Kier alpha value is -1.68. The van der Waals surface area contributed by atoms with Gasteiger partial charge in [-0.25, -0.2) is 4.98 Å². The van der Waals surface area contributed by atoms with E-state index in [-0.39, 0.29) is 0 Å². The number of rotatable bonds is 6. The molecule has 0 aliphatic heterocycles. The van der Waals surface area contributed by atoms with Gasteiger partial charge >= 0.3 is 0 Å². The zero-order valence-electron chi connectivity index (χ0n) is 11.1. The van der Waals surface area contributed by atoms with Crippen LogP contribution in [0.1, 0.15) is 25.0 Å². The van der Waals surface area contributed by atoms with Crippen LogP contribution in [0.25, 0.3) is 10.9 Å². The molecule has 4 heteroatoms. The summed E-state index contributed by atoms with van der Waals surface area (Å²) in [5, 5.41) is 1.10. The minimum atomic E-state index is 0.572. The maximum Gasteiger partial charge on any atom is 0.145 e. The van der Waals surface area contributed by atoms with Crippen molar-refractivity contribution in [3.05, 3.63) is 36.0 Å². The maximum absolute atomic E-state index is 5.81. The fourth-order valence-corrected chi connectivity index (χ4v) is 2.06. The molecule has 100 valence electrons. The maximum atomic E-state index is 5.81. The molecule has 2 rings (SSSR count). The van der Waals surface area contributed by atoms with Gasteiger partial charge in [0.2, 0.25) is 0 Å².